The Morgan fingerprint density at radius 3 is 2.50 bits per heavy atom. The van der Waals surface area contributed by atoms with Crippen molar-refractivity contribution in [1.82, 2.24) is 14.9 Å². The lowest BCUT2D eigenvalue weighted by Crippen LogP contribution is -2.41. The van der Waals surface area contributed by atoms with Gasteiger partial charge in [0.15, 0.2) is 0 Å². The molecule has 28 heavy (non-hydrogen) atoms. The summed E-state index contributed by atoms with van der Waals surface area (Å²) in [6.07, 6.45) is 7.67. The number of aromatic nitrogens is 2. The molecule has 2 aliphatic heterocycles. The summed E-state index contributed by atoms with van der Waals surface area (Å²) in [6, 6.07) is 0.370. The Balaban J connectivity index is 1.42. The monoisotopic (exact) mass is 389 g/mol. The fourth-order valence-corrected chi connectivity index (χ4v) is 3.62. The summed E-state index contributed by atoms with van der Waals surface area (Å²) in [7, 11) is -0.463. The number of piperidine rings is 1. The van der Waals surface area contributed by atoms with Crippen LogP contribution in [0.5, 0.6) is 6.01 Å². The molecule has 0 spiro atoms. The van der Waals surface area contributed by atoms with Crippen molar-refractivity contribution in [3.63, 3.8) is 0 Å². The molecule has 154 valence electrons. The van der Waals surface area contributed by atoms with Gasteiger partial charge >= 0.3 is 13.1 Å². The largest absolute Gasteiger partial charge is 0.498 e. The predicted octanol–water partition coefficient (Wildman–Crippen LogP) is 2.19. The number of likely N-dealkylation sites (tertiary alicyclic amines) is 1. The molecule has 0 radical (unpaired) electrons. The van der Waals surface area contributed by atoms with Crippen LogP contribution in [0.3, 0.4) is 0 Å². The summed E-state index contributed by atoms with van der Waals surface area (Å²) in [5.41, 5.74) is 0.0194. The molecule has 2 aliphatic rings. The summed E-state index contributed by atoms with van der Waals surface area (Å²) < 4.78 is 17.7. The number of carbonyl (C=O) groups is 1. The van der Waals surface area contributed by atoms with E-state index in [1.807, 2.05) is 32.6 Å². The first-order valence-corrected chi connectivity index (χ1v) is 10.2. The highest BCUT2D eigenvalue weighted by atomic mass is 16.7. The smallest absolute Gasteiger partial charge is 0.463 e. The van der Waals surface area contributed by atoms with Crippen molar-refractivity contribution in [3.05, 3.63) is 12.4 Å². The van der Waals surface area contributed by atoms with Crippen LogP contribution in [0.2, 0.25) is 0 Å². The van der Waals surface area contributed by atoms with Gasteiger partial charge in [0.2, 0.25) is 5.91 Å². The molecule has 1 amide bonds. The Hall–Kier alpha value is -1.67. The lowest BCUT2D eigenvalue weighted by atomic mass is 9.81. The molecule has 0 saturated carbocycles. The van der Waals surface area contributed by atoms with Crippen LogP contribution in [0, 0.1) is 5.92 Å². The Bertz CT molecular complexity index is 665. The molecule has 0 aromatic carbocycles. The predicted molar refractivity (Wildman–Crippen MR) is 107 cm³/mol. The first kappa shape index (κ1) is 21.1. The van der Waals surface area contributed by atoms with E-state index in [9.17, 15) is 4.79 Å². The molecule has 1 aromatic rings. The molecule has 8 heteroatoms. The fourth-order valence-electron chi connectivity index (χ4n) is 3.62. The van der Waals surface area contributed by atoms with Crippen LogP contribution in [0.25, 0.3) is 0 Å². The molecule has 1 aromatic heterocycles. The zero-order valence-corrected chi connectivity index (χ0v) is 17.7. The molecule has 7 nitrogen and oxygen atoms in total. The third-order valence-corrected chi connectivity index (χ3v) is 6.13. The Kier molecular flexibility index (Phi) is 6.29. The number of hydrogen-bond acceptors (Lipinski definition) is 6. The van der Waals surface area contributed by atoms with Gasteiger partial charge in [0, 0.05) is 37.9 Å². The third-order valence-electron chi connectivity index (χ3n) is 6.13. The molecule has 0 N–H and O–H groups in total. The highest BCUT2D eigenvalue weighted by Gasteiger charge is 2.51. The maximum absolute atomic E-state index is 11.5. The van der Waals surface area contributed by atoms with Gasteiger partial charge in [0.1, 0.15) is 0 Å². The van der Waals surface area contributed by atoms with E-state index in [0.717, 1.165) is 37.8 Å². The van der Waals surface area contributed by atoms with Crippen molar-refractivity contribution in [2.24, 2.45) is 5.92 Å². The number of carbonyl (C=O) groups excluding carboxylic acids is 1. The second kappa shape index (κ2) is 8.37. The van der Waals surface area contributed by atoms with Gasteiger partial charge in [-0.15, -0.1) is 0 Å². The van der Waals surface area contributed by atoms with Gasteiger partial charge in [-0.2, -0.15) is 0 Å². The zero-order valence-electron chi connectivity index (χ0n) is 17.7. The highest BCUT2D eigenvalue weighted by Crippen LogP contribution is 2.36. The van der Waals surface area contributed by atoms with E-state index in [1.54, 1.807) is 19.3 Å². The van der Waals surface area contributed by atoms with Crippen LogP contribution in [-0.4, -0.2) is 58.8 Å². The molecule has 3 heterocycles. The van der Waals surface area contributed by atoms with E-state index in [1.165, 1.54) is 6.42 Å². The minimum Gasteiger partial charge on any atom is -0.463 e. The van der Waals surface area contributed by atoms with Crippen molar-refractivity contribution in [1.29, 1.82) is 0 Å². The number of nitrogens with zero attached hydrogens (tertiary/aromatic N) is 3. The van der Waals surface area contributed by atoms with Gasteiger partial charge in [-0.25, -0.2) is 9.97 Å². The first-order chi connectivity index (χ1) is 13.2. The van der Waals surface area contributed by atoms with Gasteiger partial charge in [-0.1, -0.05) is 0 Å². The summed E-state index contributed by atoms with van der Waals surface area (Å²) in [5, 5.41) is 0. The minimum absolute atomic E-state index is 0.177. The van der Waals surface area contributed by atoms with Gasteiger partial charge < -0.3 is 18.9 Å². The fraction of sp³-hybridized carbons (Fsp3) is 0.750. The molecular weight excluding hydrogens is 357 g/mol. The van der Waals surface area contributed by atoms with Crippen molar-refractivity contribution in [3.8, 4) is 6.01 Å². The standard InChI is InChI=1S/C20H32BN3O4/c1-15(25)24-10-6-8-16(14-24)9-7-11-26-18-22-12-17(13-23-18)21-27-19(2,3)20(4,5)28-21/h12-13,16H,6-11,14H2,1-5H3/t16-/m1/s1. The number of amides is 1. The summed E-state index contributed by atoms with van der Waals surface area (Å²) in [5.74, 6) is 0.740. The quantitative estimate of drug-likeness (QED) is 0.549. The average molecular weight is 389 g/mol. The Labute approximate surface area is 168 Å². The molecule has 0 unspecified atom stereocenters. The van der Waals surface area contributed by atoms with Gasteiger partial charge in [0.05, 0.1) is 17.8 Å². The number of ether oxygens (including phenoxy) is 1. The number of hydrogen-bond donors (Lipinski definition) is 0. The van der Waals surface area contributed by atoms with E-state index in [0.29, 0.717) is 18.5 Å². The summed E-state index contributed by atoms with van der Waals surface area (Å²) in [4.78, 5) is 22.1. The lowest BCUT2D eigenvalue weighted by molar-refractivity contribution is -0.130. The van der Waals surface area contributed by atoms with E-state index in [-0.39, 0.29) is 17.1 Å². The van der Waals surface area contributed by atoms with Crippen molar-refractivity contribution in [2.45, 2.75) is 71.5 Å². The van der Waals surface area contributed by atoms with E-state index >= 15 is 0 Å². The van der Waals surface area contributed by atoms with Crippen molar-refractivity contribution >= 4 is 18.5 Å². The van der Waals surface area contributed by atoms with Crippen LogP contribution in [0.4, 0.5) is 0 Å². The molecule has 0 bridgehead atoms. The van der Waals surface area contributed by atoms with Crippen LogP contribution in [0.1, 0.15) is 60.3 Å². The minimum atomic E-state index is -0.463. The Morgan fingerprint density at radius 2 is 1.89 bits per heavy atom. The molecule has 2 fully saturated rings. The molecular formula is C20H32BN3O4. The maximum Gasteiger partial charge on any atom is 0.498 e. The molecule has 0 aliphatic carbocycles. The summed E-state index contributed by atoms with van der Waals surface area (Å²) >= 11 is 0. The second-order valence-corrected chi connectivity index (χ2v) is 8.85. The van der Waals surface area contributed by atoms with Crippen molar-refractivity contribution in [2.75, 3.05) is 19.7 Å². The number of rotatable bonds is 6. The van der Waals surface area contributed by atoms with Crippen LogP contribution < -0.4 is 10.2 Å². The highest BCUT2D eigenvalue weighted by molar-refractivity contribution is 6.61. The van der Waals surface area contributed by atoms with Gasteiger partial charge in [-0.3, -0.25) is 4.79 Å². The molecule has 2 saturated heterocycles. The second-order valence-electron chi connectivity index (χ2n) is 8.85. The molecule has 1 atom stereocenters. The van der Waals surface area contributed by atoms with Crippen LogP contribution in [0.15, 0.2) is 12.4 Å². The first-order valence-electron chi connectivity index (χ1n) is 10.2. The normalized spacial score (nSPS) is 23.7. The summed E-state index contributed by atoms with van der Waals surface area (Å²) in [6.45, 7) is 12.1. The zero-order chi connectivity index (χ0) is 20.4. The van der Waals surface area contributed by atoms with Gasteiger partial charge in [0.25, 0.3) is 0 Å². The third kappa shape index (κ3) is 4.84. The topological polar surface area (TPSA) is 73.8 Å². The van der Waals surface area contributed by atoms with Crippen LogP contribution in [-0.2, 0) is 14.1 Å². The van der Waals surface area contributed by atoms with E-state index < -0.39 is 7.12 Å². The molecule has 3 rings (SSSR count). The van der Waals surface area contributed by atoms with Gasteiger partial charge in [-0.05, 0) is 59.3 Å². The Morgan fingerprint density at radius 1 is 1.25 bits per heavy atom. The van der Waals surface area contributed by atoms with Crippen molar-refractivity contribution < 1.29 is 18.8 Å². The lowest BCUT2D eigenvalue weighted by Gasteiger charge is -2.32. The average Bonchev–Trinajstić information content (AvgIpc) is 2.87. The van der Waals surface area contributed by atoms with E-state index in [4.69, 9.17) is 14.0 Å². The SMILES string of the molecule is CC(=O)N1CCC[C@H](CCCOc2ncc(B3OC(C)(C)C(C)(C)O3)cn2)C1. The maximum atomic E-state index is 11.5. The van der Waals surface area contributed by atoms with Crippen LogP contribution >= 0.6 is 0 Å². The van der Waals surface area contributed by atoms with E-state index in [2.05, 4.69) is 9.97 Å².